The molecule has 3 aromatic rings. The second-order valence-corrected chi connectivity index (χ2v) is 10.2. The quantitative estimate of drug-likeness (QED) is 0.399. The van der Waals surface area contributed by atoms with Gasteiger partial charge < -0.3 is 15.0 Å². The third kappa shape index (κ3) is 7.22. The first kappa shape index (κ1) is 26.5. The fraction of sp³-hybridized carbons (Fsp3) is 0.375. The van der Waals surface area contributed by atoms with E-state index in [0.717, 1.165) is 53.7 Å². The van der Waals surface area contributed by atoms with E-state index in [2.05, 4.69) is 31.3 Å². The molecule has 5 heteroatoms. The lowest BCUT2D eigenvalue weighted by molar-refractivity contribution is -0.141. The molecule has 0 radical (unpaired) electrons. The molecule has 1 aliphatic carbocycles. The second-order valence-electron chi connectivity index (χ2n) is 10.2. The minimum Gasteiger partial charge on any atom is -0.497 e. The summed E-state index contributed by atoms with van der Waals surface area (Å²) in [5, 5.41) is 3.27. The van der Waals surface area contributed by atoms with Gasteiger partial charge in [0.15, 0.2) is 0 Å². The third-order valence-corrected chi connectivity index (χ3v) is 7.39. The number of carbonyl (C=O) groups is 2. The smallest absolute Gasteiger partial charge is 0.243 e. The maximum absolute atomic E-state index is 14.0. The lowest BCUT2D eigenvalue weighted by Crippen LogP contribution is -2.52. The summed E-state index contributed by atoms with van der Waals surface area (Å²) in [6.45, 7) is 4.46. The van der Waals surface area contributed by atoms with Crippen molar-refractivity contribution >= 4 is 11.8 Å². The summed E-state index contributed by atoms with van der Waals surface area (Å²) in [5.41, 5.74) is 5.27. The van der Waals surface area contributed by atoms with E-state index >= 15 is 0 Å². The molecule has 1 N–H and O–H groups in total. The van der Waals surface area contributed by atoms with Crippen molar-refractivity contribution in [2.24, 2.45) is 0 Å². The summed E-state index contributed by atoms with van der Waals surface area (Å²) in [6, 6.07) is 23.4. The Morgan fingerprint density at radius 2 is 1.62 bits per heavy atom. The Labute approximate surface area is 220 Å². The van der Waals surface area contributed by atoms with Crippen LogP contribution in [0.4, 0.5) is 0 Å². The number of hydrogen-bond acceptors (Lipinski definition) is 3. The molecule has 1 aliphatic rings. The standard InChI is InChI=1S/C32H38N2O3/c1-23-16-17-26(18-24(23)2)21-31(35)34(22-27-12-9-15-29(19-27)37-3)30(20-25-10-5-4-6-11-25)32(36)33-28-13-7-8-14-28/h4-6,9-12,15-19,28,30H,7-8,13-14,20-22H2,1-3H3,(H,33,36). The number of nitrogens with one attached hydrogen (secondary N) is 1. The Balaban J connectivity index is 1.67. The van der Waals surface area contributed by atoms with Gasteiger partial charge in [-0.3, -0.25) is 9.59 Å². The zero-order valence-corrected chi connectivity index (χ0v) is 22.2. The van der Waals surface area contributed by atoms with Crippen LogP contribution < -0.4 is 10.1 Å². The van der Waals surface area contributed by atoms with E-state index in [1.165, 1.54) is 5.56 Å². The van der Waals surface area contributed by atoms with Gasteiger partial charge in [-0.25, -0.2) is 0 Å². The van der Waals surface area contributed by atoms with E-state index < -0.39 is 6.04 Å². The molecule has 0 bridgehead atoms. The van der Waals surface area contributed by atoms with Crippen molar-refractivity contribution in [2.45, 2.75) is 71.0 Å². The zero-order chi connectivity index (χ0) is 26.2. The Bertz CT molecular complexity index is 1200. The van der Waals surface area contributed by atoms with E-state index in [1.54, 1.807) is 12.0 Å². The number of aryl methyl sites for hydroxylation is 2. The first-order chi connectivity index (χ1) is 17.9. The number of carbonyl (C=O) groups excluding carboxylic acids is 2. The van der Waals surface area contributed by atoms with Gasteiger partial charge in [0.25, 0.3) is 0 Å². The SMILES string of the molecule is COc1cccc(CN(C(=O)Cc2ccc(C)c(C)c2)C(Cc2ccccc2)C(=O)NC2CCCC2)c1. The van der Waals surface area contributed by atoms with E-state index in [4.69, 9.17) is 4.74 Å². The maximum atomic E-state index is 14.0. The highest BCUT2D eigenvalue weighted by Gasteiger charge is 2.32. The van der Waals surface area contributed by atoms with Crippen molar-refractivity contribution in [2.75, 3.05) is 7.11 Å². The van der Waals surface area contributed by atoms with Gasteiger partial charge in [0.2, 0.25) is 11.8 Å². The van der Waals surface area contributed by atoms with Gasteiger partial charge >= 0.3 is 0 Å². The molecule has 3 aromatic carbocycles. The van der Waals surface area contributed by atoms with Crippen LogP contribution in [0.2, 0.25) is 0 Å². The average Bonchev–Trinajstić information content (AvgIpc) is 3.42. The molecule has 1 atom stereocenters. The van der Waals surface area contributed by atoms with Crippen LogP contribution in [0.15, 0.2) is 72.8 Å². The maximum Gasteiger partial charge on any atom is 0.243 e. The van der Waals surface area contributed by atoms with Gasteiger partial charge in [0, 0.05) is 19.0 Å². The largest absolute Gasteiger partial charge is 0.497 e. The normalized spacial score (nSPS) is 14.2. The third-order valence-electron chi connectivity index (χ3n) is 7.39. The summed E-state index contributed by atoms with van der Waals surface area (Å²) < 4.78 is 5.43. The molecule has 194 valence electrons. The Morgan fingerprint density at radius 3 is 2.32 bits per heavy atom. The van der Waals surface area contributed by atoms with Crippen molar-refractivity contribution < 1.29 is 14.3 Å². The number of hydrogen-bond donors (Lipinski definition) is 1. The van der Waals surface area contributed by atoms with Gasteiger partial charge in [-0.15, -0.1) is 0 Å². The lowest BCUT2D eigenvalue weighted by atomic mass is 10.00. The molecule has 1 saturated carbocycles. The number of amides is 2. The van der Waals surface area contributed by atoms with E-state index in [0.29, 0.717) is 13.0 Å². The van der Waals surface area contributed by atoms with Crippen LogP contribution in [-0.4, -0.2) is 35.9 Å². The molecule has 37 heavy (non-hydrogen) atoms. The highest BCUT2D eigenvalue weighted by molar-refractivity contribution is 5.89. The Morgan fingerprint density at radius 1 is 0.892 bits per heavy atom. The molecule has 0 aliphatic heterocycles. The number of methoxy groups -OCH3 is 1. The minimum atomic E-state index is -0.617. The van der Waals surface area contributed by atoms with Crippen LogP contribution in [0.3, 0.4) is 0 Å². The zero-order valence-electron chi connectivity index (χ0n) is 22.2. The topological polar surface area (TPSA) is 58.6 Å². The first-order valence-electron chi connectivity index (χ1n) is 13.3. The highest BCUT2D eigenvalue weighted by Crippen LogP contribution is 2.22. The molecule has 0 saturated heterocycles. The molecule has 5 nitrogen and oxygen atoms in total. The van der Waals surface area contributed by atoms with Crippen LogP contribution in [0, 0.1) is 13.8 Å². The molecule has 0 spiro atoms. The van der Waals surface area contributed by atoms with Crippen LogP contribution >= 0.6 is 0 Å². The van der Waals surface area contributed by atoms with Crippen molar-refractivity contribution in [1.82, 2.24) is 10.2 Å². The Kier molecular flexibility index (Phi) is 8.99. The Hall–Kier alpha value is -3.60. The van der Waals surface area contributed by atoms with E-state index in [1.807, 2.05) is 60.7 Å². The number of rotatable bonds is 10. The fourth-order valence-electron chi connectivity index (χ4n) is 5.08. The monoisotopic (exact) mass is 498 g/mol. The number of ether oxygens (including phenoxy) is 1. The average molecular weight is 499 g/mol. The summed E-state index contributed by atoms with van der Waals surface area (Å²) >= 11 is 0. The van der Waals surface area contributed by atoms with Crippen LogP contribution in [-0.2, 0) is 29.0 Å². The van der Waals surface area contributed by atoms with Gasteiger partial charge in [0.1, 0.15) is 11.8 Å². The van der Waals surface area contributed by atoms with Gasteiger partial charge in [-0.2, -0.15) is 0 Å². The molecule has 2 amide bonds. The molecular weight excluding hydrogens is 460 g/mol. The first-order valence-corrected chi connectivity index (χ1v) is 13.3. The molecular formula is C32H38N2O3. The van der Waals surface area contributed by atoms with Crippen molar-refractivity contribution in [3.63, 3.8) is 0 Å². The summed E-state index contributed by atoms with van der Waals surface area (Å²) in [7, 11) is 1.63. The molecule has 0 heterocycles. The van der Waals surface area contributed by atoms with Crippen LogP contribution in [0.5, 0.6) is 5.75 Å². The van der Waals surface area contributed by atoms with Crippen molar-refractivity contribution in [3.05, 3.63) is 101 Å². The van der Waals surface area contributed by atoms with Gasteiger partial charge in [-0.05, 0) is 66.6 Å². The van der Waals surface area contributed by atoms with E-state index in [-0.39, 0.29) is 24.3 Å². The predicted octanol–water partition coefficient (Wildman–Crippen LogP) is 5.55. The summed E-state index contributed by atoms with van der Waals surface area (Å²) in [6.07, 6.45) is 4.96. The van der Waals surface area contributed by atoms with E-state index in [9.17, 15) is 9.59 Å². The lowest BCUT2D eigenvalue weighted by Gasteiger charge is -2.32. The molecule has 1 fully saturated rings. The van der Waals surface area contributed by atoms with Crippen LogP contribution in [0.25, 0.3) is 0 Å². The van der Waals surface area contributed by atoms with Crippen molar-refractivity contribution in [1.29, 1.82) is 0 Å². The number of benzene rings is 3. The van der Waals surface area contributed by atoms with Crippen LogP contribution in [0.1, 0.15) is 53.5 Å². The summed E-state index contributed by atoms with van der Waals surface area (Å²) in [4.78, 5) is 29.5. The van der Waals surface area contributed by atoms with Crippen molar-refractivity contribution in [3.8, 4) is 5.75 Å². The highest BCUT2D eigenvalue weighted by atomic mass is 16.5. The molecule has 4 rings (SSSR count). The second kappa shape index (κ2) is 12.6. The number of nitrogens with zero attached hydrogens (tertiary/aromatic N) is 1. The fourth-order valence-corrected chi connectivity index (χ4v) is 5.08. The molecule has 0 aromatic heterocycles. The summed E-state index contributed by atoms with van der Waals surface area (Å²) in [5.74, 6) is 0.592. The minimum absolute atomic E-state index is 0.0615. The van der Waals surface area contributed by atoms with Gasteiger partial charge in [-0.1, -0.05) is 73.5 Å². The van der Waals surface area contributed by atoms with Gasteiger partial charge in [0.05, 0.1) is 13.5 Å². The molecule has 1 unspecified atom stereocenters. The predicted molar refractivity (Wildman–Crippen MR) is 147 cm³/mol.